The third kappa shape index (κ3) is 3.88. The summed E-state index contributed by atoms with van der Waals surface area (Å²) in [5, 5.41) is 0. The van der Waals surface area contributed by atoms with Gasteiger partial charge in [-0.1, -0.05) is 34.1 Å². The molecule has 0 unspecified atom stereocenters. The molecule has 0 atom stereocenters. The van der Waals surface area contributed by atoms with Crippen LogP contribution < -0.4 is 15.2 Å². The van der Waals surface area contributed by atoms with E-state index in [1.807, 2.05) is 36.4 Å². The Labute approximate surface area is 160 Å². The first-order chi connectivity index (χ1) is 12.5. The molecule has 0 fully saturated rings. The molecule has 0 aromatic heterocycles. The Morgan fingerprint density at radius 2 is 1.92 bits per heavy atom. The molecule has 134 valence electrons. The number of nitrogens with zero attached hydrogens (tertiary/aromatic N) is 2. The van der Waals surface area contributed by atoms with E-state index in [9.17, 15) is 4.79 Å². The van der Waals surface area contributed by atoms with Crippen LogP contribution in [0.3, 0.4) is 0 Å². The van der Waals surface area contributed by atoms with E-state index in [2.05, 4.69) is 20.9 Å². The summed E-state index contributed by atoms with van der Waals surface area (Å²) in [5.41, 5.74) is 7.91. The summed E-state index contributed by atoms with van der Waals surface area (Å²) in [6.07, 6.45) is 1.71. The van der Waals surface area contributed by atoms with Gasteiger partial charge in [-0.05, 0) is 41.5 Å². The van der Waals surface area contributed by atoms with Crippen LogP contribution in [-0.4, -0.2) is 30.9 Å². The van der Waals surface area contributed by atoms with Gasteiger partial charge in [0.25, 0.3) is 5.91 Å². The highest BCUT2D eigenvalue weighted by Gasteiger charge is 2.24. The van der Waals surface area contributed by atoms with Gasteiger partial charge in [-0.3, -0.25) is 4.79 Å². The van der Waals surface area contributed by atoms with Crippen molar-refractivity contribution in [3.8, 4) is 11.5 Å². The molecule has 2 N–H and O–H groups in total. The first-order valence-corrected chi connectivity index (χ1v) is 8.66. The Morgan fingerprint density at radius 3 is 2.54 bits per heavy atom. The van der Waals surface area contributed by atoms with Crippen LogP contribution in [-0.2, 0) is 11.4 Å². The zero-order valence-corrected chi connectivity index (χ0v) is 16.0. The molecule has 2 aromatic carbocycles. The van der Waals surface area contributed by atoms with E-state index in [0.29, 0.717) is 23.8 Å². The number of likely N-dealkylation sites (N-methyl/N-ethyl adjacent to an activating group) is 1. The third-order valence-corrected chi connectivity index (χ3v) is 4.47. The Balaban J connectivity index is 1.78. The monoisotopic (exact) mass is 415 g/mol. The van der Waals surface area contributed by atoms with Crippen molar-refractivity contribution in [2.24, 2.45) is 10.7 Å². The second-order valence-corrected chi connectivity index (χ2v) is 6.60. The number of benzene rings is 2. The number of ether oxygens (including phenoxy) is 2. The predicted octanol–water partition coefficient (Wildman–Crippen LogP) is 3.16. The fourth-order valence-electron chi connectivity index (χ4n) is 2.45. The number of methoxy groups -OCH3 is 1. The molecule has 0 aliphatic carbocycles. The Bertz CT molecular complexity index is 891. The minimum absolute atomic E-state index is 0.183. The van der Waals surface area contributed by atoms with Crippen LogP contribution in [0.4, 0.5) is 0 Å². The molecule has 0 radical (unpaired) electrons. The maximum absolute atomic E-state index is 11.9. The molecule has 6 nitrogen and oxygen atoms in total. The lowest BCUT2D eigenvalue weighted by Gasteiger charge is -2.13. The smallest absolute Gasteiger partial charge is 0.296 e. The quantitative estimate of drug-likeness (QED) is 0.758. The first kappa shape index (κ1) is 18.0. The van der Waals surface area contributed by atoms with Crippen molar-refractivity contribution in [2.45, 2.75) is 6.61 Å². The van der Waals surface area contributed by atoms with Crippen molar-refractivity contribution in [3.05, 3.63) is 63.8 Å². The van der Waals surface area contributed by atoms with Crippen molar-refractivity contribution in [1.29, 1.82) is 0 Å². The highest BCUT2D eigenvalue weighted by Crippen LogP contribution is 2.30. The van der Waals surface area contributed by atoms with Gasteiger partial charge < -0.3 is 20.1 Å². The SMILES string of the molecule is COc1cc(/C=C2/C(=O)N=C(N)N2C)ccc1OCc1ccc(Br)cc1. The van der Waals surface area contributed by atoms with Crippen LogP contribution in [0.1, 0.15) is 11.1 Å². The molecular weight excluding hydrogens is 398 g/mol. The minimum atomic E-state index is -0.362. The number of hydrogen-bond acceptors (Lipinski definition) is 5. The molecule has 1 heterocycles. The summed E-state index contributed by atoms with van der Waals surface area (Å²) in [6, 6.07) is 13.4. The van der Waals surface area contributed by atoms with Crippen LogP contribution in [0, 0.1) is 0 Å². The van der Waals surface area contributed by atoms with Crippen LogP contribution in [0.25, 0.3) is 6.08 Å². The summed E-state index contributed by atoms with van der Waals surface area (Å²) in [6.45, 7) is 0.426. The molecule has 0 bridgehead atoms. The van der Waals surface area contributed by atoms with E-state index < -0.39 is 0 Å². The lowest BCUT2D eigenvalue weighted by atomic mass is 10.1. The van der Waals surface area contributed by atoms with Gasteiger partial charge in [-0.15, -0.1) is 0 Å². The molecule has 3 rings (SSSR count). The average molecular weight is 416 g/mol. The molecule has 0 saturated heterocycles. The van der Waals surface area contributed by atoms with Crippen molar-refractivity contribution < 1.29 is 14.3 Å². The van der Waals surface area contributed by atoms with Crippen molar-refractivity contribution in [1.82, 2.24) is 4.90 Å². The molecule has 1 aliphatic rings. The minimum Gasteiger partial charge on any atom is -0.493 e. The van der Waals surface area contributed by atoms with E-state index in [4.69, 9.17) is 15.2 Å². The van der Waals surface area contributed by atoms with Gasteiger partial charge in [0.15, 0.2) is 11.5 Å². The van der Waals surface area contributed by atoms with E-state index in [-0.39, 0.29) is 11.9 Å². The summed E-state index contributed by atoms with van der Waals surface area (Å²) >= 11 is 3.41. The maximum atomic E-state index is 11.9. The van der Waals surface area contributed by atoms with Gasteiger partial charge in [0.2, 0.25) is 5.96 Å². The topological polar surface area (TPSA) is 77.1 Å². The van der Waals surface area contributed by atoms with E-state index in [0.717, 1.165) is 15.6 Å². The number of carbonyl (C=O) groups is 1. The lowest BCUT2D eigenvalue weighted by Crippen LogP contribution is -2.28. The van der Waals surface area contributed by atoms with Gasteiger partial charge in [0.05, 0.1) is 7.11 Å². The molecule has 1 aliphatic heterocycles. The number of halogens is 1. The number of carbonyl (C=O) groups excluding carboxylic acids is 1. The number of nitrogens with two attached hydrogens (primary N) is 1. The average Bonchev–Trinajstić information content (AvgIpc) is 2.88. The van der Waals surface area contributed by atoms with Crippen molar-refractivity contribution >= 4 is 33.9 Å². The summed E-state index contributed by atoms with van der Waals surface area (Å²) in [7, 11) is 3.27. The number of aliphatic imine (C=N–C) groups is 1. The molecule has 0 saturated carbocycles. The first-order valence-electron chi connectivity index (χ1n) is 7.87. The summed E-state index contributed by atoms with van der Waals surface area (Å²) in [5.74, 6) is 1.03. The number of amides is 1. The fraction of sp³-hybridized carbons (Fsp3) is 0.158. The highest BCUT2D eigenvalue weighted by molar-refractivity contribution is 9.10. The number of hydrogen-bond donors (Lipinski definition) is 1. The van der Waals surface area contributed by atoms with Crippen LogP contribution in [0.2, 0.25) is 0 Å². The molecular formula is C19H18BrN3O3. The zero-order valence-electron chi connectivity index (χ0n) is 14.4. The lowest BCUT2D eigenvalue weighted by molar-refractivity contribution is -0.114. The second-order valence-electron chi connectivity index (χ2n) is 5.69. The summed E-state index contributed by atoms with van der Waals surface area (Å²) < 4.78 is 12.3. The Kier molecular flexibility index (Phi) is 5.27. The maximum Gasteiger partial charge on any atom is 0.296 e. The van der Waals surface area contributed by atoms with E-state index in [1.54, 1.807) is 31.2 Å². The van der Waals surface area contributed by atoms with E-state index >= 15 is 0 Å². The van der Waals surface area contributed by atoms with Gasteiger partial charge in [0, 0.05) is 11.5 Å². The largest absolute Gasteiger partial charge is 0.493 e. The van der Waals surface area contributed by atoms with Crippen molar-refractivity contribution in [2.75, 3.05) is 14.2 Å². The fourth-order valence-corrected chi connectivity index (χ4v) is 2.72. The van der Waals surface area contributed by atoms with Crippen LogP contribution >= 0.6 is 15.9 Å². The molecule has 0 spiro atoms. The zero-order chi connectivity index (χ0) is 18.7. The van der Waals surface area contributed by atoms with Crippen LogP contribution in [0.15, 0.2) is 57.6 Å². The molecule has 7 heteroatoms. The summed E-state index contributed by atoms with van der Waals surface area (Å²) in [4.78, 5) is 17.1. The molecule has 1 amide bonds. The highest BCUT2D eigenvalue weighted by atomic mass is 79.9. The molecule has 2 aromatic rings. The van der Waals surface area contributed by atoms with E-state index in [1.165, 1.54) is 0 Å². The van der Waals surface area contributed by atoms with Gasteiger partial charge in [0.1, 0.15) is 12.3 Å². The Hall–Kier alpha value is -2.80. The van der Waals surface area contributed by atoms with Crippen molar-refractivity contribution in [3.63, 3.8) is 0 Å². The number of rotatable bonds is 5. The normalized spacial score (nSPS) is 15.3. The van der Waals surface area contributed by atoms with Gasteiger partial charge >= 0.3 is 0 Å². The second kappa shape index (κ2) is 7.61. The Morgan fingerprint density at radius 1 is 1.19 bits per heavy atom. The van der Waals surface area contributed by atoms with Gasteiger partial charge in [-0.2, -0.15) is 4.99 Å². The van der Waals surface area contributed by atoms with Crippen LogP contribution in [0.5, 0.6) is 11.5 Å². The third-order valence-electron chi connectivity index (χ3n) is 3.94. The predicted molar refractivity (Wildman–Crippen MR) is 104 cm³/mol. The molecule has 26 heavy (non-hydrogen) atoms. The standard InChI is InChI=1S/C19H18BrN3O3/c1-23-15(18(24)22-19(23)21)9-13-5-8-16(17(10-13)25-2)26-11-12-3-6-14(20)7-4-12/h3-10H,11H2,1-2H3,(H2,21,22,24)/b15-9-. The number of guanidine groups is 1. The van der Waals surface area contributed by atoms with Gasteiger partial charge in [-0.25, -0.2) is 0 Å².